The van der Waals surface area contributed by atoms with Crippen LogP contribution in [-0.2, 0) is 9.53 Å². The molecular weight excluding hydrogens is 370 g/mol. The minimum Gasteiger partial charge on any atom is -0.493 e. The first-order valence-electron chi connectivity index (χ1n) is 8.33. The molecule has 1 aromatic heterocycles. The fourth-order valence-electron chi connectivity index (χ4n) is 2.42. The number of aryl methyl sites for hydroxylation is 1. The summed E-state index contributed by atoms with van der Waals surface area (Å²) in [5, 5.41) is 3.18. The van der Waals surface area contributed by atoms with Gasteiger partial charge in [0.2, 0.25) is 5.75 Å². The molecule has 0 spiro atoms. The number of hydrogen-bond donors (Lipinski definition) is 1. The molecule has 0 saturated carbocycles. The number of methoxy groups -OCH3 is 2. The van der Waals surface area contributed by atoms with Crippen molar-refractivity contribution in [2.75, 3.05) is 32.8 Å². The number of para-hydroxylation sites is 1. The van der Waals surface area contributed by atoms with Gasteiger partial charge in [-0.25, -0.2) is 4.79 Å². The van der Waals surface area contributed by atoms with Crippen molar-refractivity contribution in [3.05, 3.63) is 34.2 Å². The Hall–Kier alpha value is -2.74. The van der Waals surface area contributed by atoms with Gasteiger partial charge in [0.1, 0.15) is 5.00 Å². The topological polar surface area (TPSA) is 83.1 Å². The van der Waals surface area contributed by atoms with Crippen molar-refractivity contribution in [3.63, 3.8) is 0 Å². The zero-order valence-corrected chi connectivity index (χ0v) is 16.8. The molecule has 1 aromatic carbocycles. The summed E-state index contributed by atoms with van der Waals surface area (Å²) in [7, 11) is 3.01. The summed E-state index contributed by atoms with van der Waals surface area (Å²) in [6.07, 6.45) is 0. The van der Waals surface area contributed by atoms with E-state index in [-0.39, 0.29) is 13.2 Å². The van der Waals surface area contributed by atoms with Crippen molar-refractivity contribution in [1.29, 1.82) is 0 Å². The number of carbonyl (C=O) groups excluding carboxylic acids is 2. The summed E-state index contributed by atoms with van der Waals surface area (Å²) in [4.78, 5) is 25.5. The van der Waals surface area contributed by atoms with Gasteiger partial charge in [0, 0.05) is 4.88 Å². The molecule has 0 aliphatic rings. The Morgan fingerprint density at radius 3 is 2.30 bits per heavy atom. The van der Waals surface area contributed by atoms with Crippen LogP contribution < -0.4 is 19.5 Å². The van der Waals surface area contributed by atoms with Gasteiger partial charge in [-0.3, -0.25) is 4.79 Å². The number of thiophene rings is 1. The van der Waals surface area contributed by atoms with Crippen LogP contribution in [0.1, 0.15) is 27.7 Å². The normalized spacial score (nSPS) is 10.3. The molecule has 1 heterocycles. The van der Waals surface area contributed by atoms with Gasteiger partial charge in [-0.1, -0.05) is 6.07 Å². The lowest BCUT2D eigenvalue weighted by molar-refractivity contribution is -0.118. The molecule has 146 valence electrons. The van der Waals surface area contributed by atoms with Crippen LogP contribution in [0.15, 0.2) is 18.2 Å². The first kappa shape index (κ1) is 20.6. The molecule has 27 heavy (non-hydrogen) atoms. The zero-order chi connectivity index (χ0) is 20.0. The van der Waals surface area contributed by atoms with E-state index in [4.69, 9.17) is 18.9 Å². The lowest BCUT2D eigenvalue weighted by Gasteiger charge is -2.14. The predicted octanol–water partition coefficient (Wildman–Crippen LogP) is 3.58. The third-order valence-corrected chi connectivity index (χ3v) is 4.97. The van der Waals surface area contributed by atoms with Crippen molar-refractivity contribution in [2.24, 2.45) is 0 Å². The number of nitrogens with one attached hydrogen (secondary N) is 1. The van der Waals surface area contributed by atoms with Crippen LogP contribution in [0.4, 0.5) is 5.00 Å². The summed E-state index contributed by atoms with van der Waals surface area (Å²) >= 11 is 1.32. The van der Waals surface area contributed by atoms with E-state index in [9.17, 15) is 9.59 Å². The molecule has 7 nitrogen and oxygen atoms in total. The number of esters is 1. The van der Waals surface area contributed by atoms with E-state index < -0.39 is 11.9 Å². The number of carbonyl (C=O) groups is 2. The first-order chi connectivity index (χ1) is 12.9. The molecule has 0 aliphatic heterocycles. The van der Waals surface area contributed by atoms with Crippen molar-refractivity contribution in [2.45, 2.75) is 20.8 Å². The second-order valence-corrected chi connectivity index (χ2v) is 6.76. The number of amides is 1. The highest BCUT2D eigenvalue weighted by Crippen LogP contribution is 2.37. The molecule has 0 bridgehead atoms. The Morgan fingerprint density at radius 1 is 1.11 bits per heavy atom. The maximum Gasteiger partial charge on any atom is 0.341 e. The predicted molar refractivity (Wildman–Crippen MR) is 103 cm³/mol. The van der Waals surface area contributed by atoms with Crippen LogP contribution in [-0.4, -0.2) is 39.3 Å². The highest BCUT2D eigenvalue weighted by Gasteiger charge is 2.22. The molecule has 1 amide bonds. The van der Waals surface area contributed by atoms with E-state index in [0.29, 0.717) is 27.8 Å². The van der Waals surface area contributed by atoms with Crippen molar-refractivity contribution >= 4 is 28.2 Å². The lowest BCUT2D eigenvalue weighted by Crippen LogP contribution is -2.21. The fourth-order valence-corrected chi connectivity index (χ4v) is 3.49. The molecule has 8 heteroatoms. The van der Waals surface area contributed by atoms with E-state index >= 15 is 0 Å². The van der Waals surface area contributed by atoms with E-state index in [0.717, 1.165) is 10.4 Å². The van der Waals surface area contributed by atoms with Gasteiger partial charge in [0.25, 0.3) is 5.91 Å². The zero-order valence-electron chi connectivity index (χ0n) is 16.0. The summed E-state index contributed by atoms with van der Waals surface area (Å²) < 4.78 is 21.2. The SMILES string of the molecule is CCOC(=O)c1c(NC(=O)COc2c(OC)cccc2OC)sc(C)c1C. The van der Waals surface area contributed by atoms with E-state index in [1.54, 1.807) is 25.1 Å². The second-order valence-electron chi connectivity index (χ2n) is 5.54. The number of benzene rings is 1. The van der Waals surface area contributed by atoms with Crippen LogP contribution in [0.5, 0.6) is 17.2 Å². The van der Waals surface area contributed by atoms with Gasteiger partial charge in [0.05, 0.1) is 26.4 Å². The van der Waals surface area contributed by atoms with Crippen molar-refractivity contribution in [1.82, 2.24) is 0 Å². The minimum absolute atomic E-state index is 0.261. The number of rotatable bonds is 8. The van der Waals surface area contributed by atoms with Crippen LogP contribution >= 0.6 is 11.3 Å². The molecule has 0 radical (unpaired) electrons. The third-order valence-electron chi connectivity index (χ3n) is 3.85. The van der Waals surface area contributed by atoms with Crippen LogP contribution in [0.25, 0.3) is 0 Å². The Bertz CT molecular complexity index is 808. The number of hydrogen-bond acceptors (Lipinski definition) is 7. The molecule has 0 atom stereocenters. The quantitative estimate of drug-likeness (QED) is 0.690. The van der Waals surface area contributed by atoms with Gasteiger partial charge in [-0.05, 0) is 38.5 Å². The van der Waals surface area contributed by atoms with E-state index in [2.05, 4.69) is 5.32 Å². The number of anilines is 1. The third kappa shape index (κ3) is 4.71. The molecule has 1 N–H and O–H groups in total. The lowest BCUT2D eigenvalue weighted by atomic mass is 10.1. The standard InChI is InChI=1S/C19H23NO6S/c1-6-25-19(22)16-11(2)12(3)27-18(16)20-15(21)10-26-17-13(23-4)8-7-9-14(17)24-5/h7-9H,6,10H2,1-5H3,(H,20,21). The Morgan fingerprint density at radius 2 is 1.74 bits per heavy atom. The summed E-state index contributed by atoms with van der Waals surface area (Å²) in [5.74, 6) is 0.382. The Balaban J connectivity index is 2.14. The van der Waals surface area contributed by atoms with Gasteiger partial charge in [0.15, 0.2) is 18.1 Å². The van der Waals surface area contributed by atoms with Gasteiger partial charge in [-0.2, -0.15) is 0 Å². The molecule has 0 fully saturated rings. The van der Waals surface area contributed by atoms with Crippen LogP contribution in [0.2, 0.25) is 0 Å². The maximum absolute atomic E-state index is 12.4. The van der Waals surface area contributed by atoms with Gasteiger partial charge in [-0.15, -0.1) is 11.3 Å². The molecule has 0 aliphatic carbocycles. The van der Waals surface area contributed by atoms with Gasteiger partial charge < -0.3 is 24.3 Å². The number of ether oxygens (including phenoxy) is 4. The Kier molecular flexibility index (Phi) is 7.06. The fraction of sp³-hybridized carbons (Fsp3) is 0.368. The highest BCUT2D eigenvalue weighted by molar-refractivity contribution is 7.16. The minimum atomic E-state index is -0.457. The maximum atomic E-state index is 12.4. The largest absolute Gasteiger partial charge is 0.493 e. The molecule has 2 rings (SSSR count). The molecule has 2 aromatic rings. The average Bonchev–Trinajstić information content (AvgIpc) is 2.93. The molecule has 0 unspecified atom stereocenters. The molecular formula is C19H23NO6S. The van der Waals surface area contributed by atoms with Gasteiger partial charge >= 0.3 is 5.97 Å². The van der Waals surface area contributed by atoms with E-state index in [1.807, 2.05) is 13.8 Å². The van der Waals surface area contributed by atoms with Crippen molar-refractivity contribution < 1.29 is 28.5 Å². The summed E-state index contributed by atoms with van der Waals surface area (Å²) in [6, 6.07) is 5.18. The smallest absolute Gasteiger partial charge is 0.341 e. The monoisotopic (exact) mass is 393 g/mol. The van der Waals surface area contributed by atoms with Crippen LogP contribution in [0, 0.1) is 13.8 Å². The van der Waals surface area contributed by atoms with Crippen molar-refractivity contribution in [3.8, 4) is 17.2 Å². The Labute approximate surface area is 162 Å². The second kappa shape index (κ2) is 9.27. The highest BCUT2D eigenvalue weighted by atomic mass is 32.1. The summed E-state index contributed by atoms with van der Waals surface area (Å²) in [6.45, 7) is 5.43. The van der Waals surface area contributed by atoms with E-state index in [1.165, 1.54) is 25.6 Å². The summed E-state index contributed by atoms with van der Waals surface area (Å²) in [5.41, 5.74) is 1.17. The first-order valence-corrected chi connectivity index (χ1v) is 9.15. The average molecular weight is 393 g/mol. The molecule has 0 saturated heterocycles. The van der Waals surface area contributed by atoms with Crippen LogP contribution in [0.3, 0.4) is 0 Å².